The van der Waals surface area contributed by atoms with E-state index >= 15 is 0 Å². The second kappa shape index (κ2) is 6.36. The summed E-state index contributed by atoms with van der Waals surface area (Å²) in [6.45, 7) is 0. The molecule has 0 aromatic heterocycles. The Balaban J connectivity index is 2.22. The van der Waals surface area contributed by atoms with Crippen molar-refractivity contribution in [2.45, 2.75) is 12.3 Å². The summed E-state index contributed by atoms with van der Waals surface area (Å²) in [6.07, 6.45) is 0.485. The van der Waals surface area contributed by atoms with Gasteiger partial charge in [0.25, 0.3) is 0 Å². The van der Waals surface area contributed by atoms with Crippen LogP contribution in [-0.2, 0) is 6.42 Å². The summed E-state index contributed by atoms with van der Waals surface area (Å²) in [4.78, 5) is 10.8. The van der Waals surface area contributed by atoms with Crippen LogP contribution in [0.2, 0.25) is 0 Å². The number of rotatable bonds is 4. The molecular formula is C17H12N2O2. The summed E-state index contributed by atoms with van der Waals surface area (Å²) in [5.41, 5.74) is 2.43. The quantitative estimate of drug-likeness (QED) is 0.929. The van der Waals surface area contributed by atoms with Crippen molar-refractivity contribution in [1.29, 1.82) is 10.5 Å². The van der Waals surface area contributed by atoms with Crippen LogP contribution >= 0.6 is 0 Å². The van der Waals surface area contributed by atoms with Crippen molar-refractivity contribution in [1.82, 2.24) is 0 Å². The van der Waals surface area contributed by atoms with Crippen LogP contribution < -0.4 is 0 Å². The van der Waals surface area contributed by atoms with E-state index in [0.717, 1.165) is 11.1 Å². The monoisotopic (exact) mass is 276 g/mol. The van der Waals surface area contributed by atoms with Crippen molar-refractivity contribution in [3.63, 3.8) is 0 Å². The number of nitriles is 2. The lowest BCUT2D eigenvalue weighted by Gasteiger charge is -2.10. The van der Waals surface area contributed by atoms with Crippen LogP contribution in [-0.4, -0.2) is 11.1 Å². The van der Waals surface area contributed by atoms with Crippen LogP contribution in [0.5, 0.6) is 0 Å². The lowest BCUT2D eigenvalue weighted by molar-refractivity contribution is 0.0697. The third-order valence-corrected chi connectivity index (χ3v) is 3.21. The lowest BCUT2D eigenvalue weighted by atomic mass is 9.92. The van der Waals surface area contributed by atoms with Crippen molar-refractivity contribution in [2.24, 2.45) is 0 Å². The number of carboxylic acid groups (broad SMARTS) is 1. The predicted octanol–water partition coefficient (Wildman–Crippen LogP) is 3.11. The first-order chi connectivity index (χ1) is 10.1. The Morgan fingerprint density at radius 2 is 1.86 bits per heavy atom. The van der Waals surface area contributed by atoms with E-state index in [1.165, 1.54) is 12.1 Å². The van der Waals surface area contributed by atoms with Gasteiger partial charge in [0.2, 0.25) is 0 Å². The van der Waals surface area contributed by atoms with E-state index in [-0.39, 0.29) is 11.5 Å². The highest BCUT2D eigenvalue weighted by Crippen LogP contribution is 2.21. The van der Waals surface area contributed by atoms with Gasteiger partial charge >= 0.3 is 5.97 Å². The van der Waals surface area contributed by atoms with E-state index in [2.05, 4.69) is 12.1 Å². The fourth-order valence-corrected chi connectivity index (χ4v) is 2.10. The summed E-state index contributed by atoms with van der Waals surface area (Å²) < 4.78 is 0. The van der Waals surface area contributed by atoms with Crippen molar-refractivity contribution < 1.29 is 9.90 Å². The second-order valence-electron chi connectivity index (χ2n) is 4.63. The third kappa shape index (κ3) is 3.46. The van der Waals surface area contributed by atoms with E-state index < -0.39 is 5.97 Å². The fourth-order valence-electron chi connectivity index (χ4n) is 2.10. The Hall–Kier alpha value is -3.11. The molecule has 0 aliphatic carbocycles. The van der Waals surface area contributed by atoms with Crippen LogP contribution in [0, 0.1) is 22.7 Å². The smallest absolute Gasteiger partial charge is 0.335 e. The molecule has 21 heavy (non-hydrogen) atoms. The molecule has 0 saturated carbocycles. The lowest BCUT2D eigenvalue weighted by Crippen LogP contribution is -2.02. The number of carboxylic acids is 1. The number of hydrogen-bond donors (Lipinski definition) is 1. The minimum Gasteiger partial charge on any atom is -0.478 e. The number of aromatic carboxylic acids is 1. The third-order valence-electron chi connectivity index (χ3n) is 3.21. The van der Waals surface area contributed by atoms with Crippen LogP contribution in [0.1, 0.15) is 33.0 Å². The summed E-state index contributed by atoms with van der Waals surface area (Å²) >= 11 is 0. The normalized spacial score (nSPS) is 11.1. The van der Waals surface area contributed by atoms with E-state index in [9.17, 15) is 10.1 Å². The zero-order chi connectivity index (χ0) is 15.2. The van der Waals surface area contributed by atoms with Gasteiger partial charge in [-0.1, -0.05) is 24.3 Å². The van der Waals surface area contributed by atoms with Crippen LogP contribution in [0.15, 0.2) is 48.5 Å². The van der Waals surface area contributed by atoms with Crippen LogP contribution in [0.3, 0.4) is 0 Å². The van der Waals surface area contributed by atoms with Crippen molar-refractivity contribution in [3.8, 4) is 12.1 Å². The first kappa shape index (κ1) is 14.3. The Morgan fingerprint density at radius 3 is 2.43 bits per heavy atom. The minimum absolute atomic E-state index is 0.196. The van der Waals surface area contributed by atoms with Gasteiger partial charge in [0.1, 0.15) is 0 Å². The highest BCUT2D eigenvalue weighted by atomic mass is 16.4. The van der Waals surface area contributed by atoms with Crippen molar-refractivity contribution >= 4 is 5.97 Å². The molecule has 0 amide bonds. The molecule has 1 unspecified atom stereocenters. The maximum atomic E-state index is 10.8. The largest absolute Gasteiger partial charge is 0.478 e. The van der Waals surface area contributed by atoms with Crippen LogP contribution in [0.4, 0.5) is 0 Å². The highest BCUT2D eigenvalue weighted by molar-refractivity contribution is 5.87. The summed E-state index contributed by atoms with van der Waals surface area (Å²) in [5.74, 6) is -1.36. The number of carbonyl (C=O) groups is 1. The summed E-state index contributed by atoms with van der Waals surface area (Å²) in [5, 5.41) is 27.1. The van der Waals surface area contributed by atoms with Gasteiger partial charge in [-0.05, 0) is 41.8 Å². The zero-order valence-electron chi connectivity index (χ0n) is 11.2. The average Bonchev–Trinajstić information content (AvgIpc) is 2.53. The van der Waals surface area contributed by atoms with Crippen molar-refractivity contribution in [3.05, 3.63) is 70.8 Å². The molecule has 2 aromatic carbocycles. The Bertz CT molecular complexity index is 737. The molecule has 4 heteroatoms. The maximum Gasteiger partial charge on any atom is 0.335 e. The Kier molecular flexibility index (Phi) is 4.33. The van der Waals surface area contributed by atoms with Gasteiger partial charge in [-0.2, -0.15) is 10.5 Å². The first-order valence-corrected chi connectivity index (χ1v) is 6.36. The molecule has 1 atom stereocenters. The molecule has 0 spiro atoms. The minimum atomic E-state index is -0.989. The molecule has 0 radical (unpaired) electrons. The second-order valence-corrected chi connectivity index (χ2v) is 4.63. The van der Waals surface area contributed by atoms with E-state index in [0.29, 0.717) is 12.0 Å². The van der Waals surface area contributed by atoms with E-state index in [1.807, 2.05) is 6.07 Å². The topological polar surface area (TPSA) is 84.9 Å². The predicted molar refractivity (Wildman–Crippen MR) is 76.6 cm³/mol. The van der Waals surface area contributed by atoms with Gasteiger partial charge in [0.05, 0.1) is 29.2 Å². The zero-order valence-corrected chi connectivity index (χ0v) is 11.2. The molecule has 2 rings (SSSR count). The summed E-state index contributed by atoms with van der Waals surface area (Å²) in [6, 6.07) is 17.7. The van der Waals surface area contributed by atoms with Gasteiger partial charge in [0.15, 0.2) is 0 Å². The van der Waals surface area contributed by atoms with Gasteiger partial charge in [0, 0.05) is 0 Å². The molecule has 2 aromatic rings. The Morgan fingerprint density at radius 1 is 1.14 bits per heavy atom. The summed E-state index contributed by atoms with van der Waals surface area (Å²) in [7, 11) is 0. The molecule has 0 fully saturated rings. The Labute approximate surface area is 122 Å². The van der Waals surface area contributed by atoms with Gasteiger partial charge in [-0.15, -0.1) is 0 Å². The van der Waals surface area contributed by atoms with E-state index in [1.54, 1.807) is 30.3 Å². The number of hydrogen-bond acceptors (Lipinski definition) is 3. The molecule has 0 saturated heterocycles. The molecule has 1 N–H and O–H groups in total. The van der Waals surface area contributed by atoms with Gasteiger partial charge in [-0.25, -0.2) is 4.79 Å². The standard InChI is InChI=1S/C17H12N2O2/c18-10-13-3-1-2-12(8-13)9-16(11-19)14-4-6-15(7-5-14)17(20)21/h1-8,16H,9H2,(H,20,21). The molecule has 4 nitrogen and oxygen atoms in total. The maximum absolute atomic E-state index is 10.8. The average molecular weight is 276 g/mol. The molecule has 0 aliphatic heterocycles. The van der Waals surface area contributed by atoms with Gasteiger partial charge < -0.3 is 5.11 Å². The van der Waals surface area contributed by atoms with Crippen molar-refractivity contribution in [2.75, 3.05) is 0 Å². The molecule has 102 valence electrons. The SMILES string of the molecule is N#Cc1cccc(CC(C#N)c2ccc(C(=O)O)cc2)c1. The first-order valence-electron chi connectivity index (χ1n) is 6.36. The van der Waals surface area contributed by atoms with Crippen LogP contribution in [0.25, 0.3) is 0 Å². The fraction of sp³-hybridized carbons (Fsp3) is 0.118. The van der Waals surface area contributed by atoms with Gasteiger partial charge in [-0.3, -0.25) is 0 Å². The highest BCUT2D eigenvalue weighted by Gasteiger charge is 2.13. The molecule has 0 heterocycles. The van der Waals surface area contributed by atoms with E-state index in [4.69, 9.17) is 10.4 Å². The number of benzene rings is 2. The number of nitrogens with zero attached hydrogens (tertiary/aromatic N) is 2. The molecule has 0 aliphatic rings. The molecular weight excluding hydrogens is 264 g/mol. The molecule has 0 bridgehead atoms.